The minimum absolute atomic E-state index is 0. The predicted molar refractivity (Wildman–Crippen MR) is 57.4 cm³/mol. The Morgan fingerprint density at radius 1 is 1.31 bits per heavy atom. The lowest BCUT2D eigenvalue weighted by Gasteiger charge is -2.23. The lowest BCUT2D eigenvalue weighted by Crippen LogP contribution is -3.00. The number of ether oxygens (including phenoxy) is 1. The molecule has 1 heterocycles. The molecule has 0 bridgehead atoms. The van der Waals surface area contributed by atoms with Gasteiger partial charge in [-0.2, -0.15) is 0 Å². The van der Waals surface area contributed by atoms with Crippen molar-refractivity contribution < 1.29 is 38.0 Å². The van der Waals surface area contributed by atoms with E-state index in [4.69, 9.17) is 4.74 Å². The first-order chi connectivity index (χ1) is 6.99. The Hall–Kier alpha value is -0.690. The van der Waals surface area contributed by atoms with Crippen LogP contribution in [-0.2, 0) is 4.74 Å². The Morgan fingerprint density at radius 3 is 2.38 bits per heavy atom. The van der Waals surface area contributed by atoms with Crippen molar-refractivity contribution >= 4 is 5.97 Å². The van der Waals surface area contributed by atoms with Crippen LogP contribution in [0.2, 0.25) is 0 Å². The lowest BCUT2D eigenvalue weighted by atomic mass is 10.3. The Kier molecular flexibility index (Phi) is 6.51. The van der Waals surface area contributed by atoms with Crippen LogP contribution in [0.15, 0.2) is 24.5 Å². The number of halogens is 1. The number of likely N-dealkylation sites (N-methyl/N-ethyl adjacent to an activating group) is 1. The summed E-state index contributed by atoms with van der Waals surface area (Å²) in [5, 5.41) is 0. The fourth-order valence-electron chi connectivity index (χ4n) is 0.984. The van der Waals surface area contributed by atoms with E-state index in [0.29, 0.717) is 12.2 Å². The van der Waals surface area contributed by atoms with E-state index in [1.165, 1.54) is 0 Å². The molecule has 90 valence electrons. The van der Waals surface area contributed by atoms with Gasteiger partial charge in [-0.3, -0.25) is 4.98 Å². The highest BCUT2D eigenvalue weighted by Crippen LogP contribution is 1.99. The summed E-state index contributed by atoms with van der Waals surface area (Å²) in [4.78, 5) is 15.3. The Bertz CT molecular complexity index is 323. The molecule has 4 nitrogen and oxygen atoms in total. The molecule has 0 N–H and O–H groups in total. The maximum absolute atomic E-state index is 11.5. The van der Waals surface area contributed by atoms with Crippen LogP contribution >= 0.6 is 0 Å². The molecule has 0 aliphatic rings. The predicted octanol–water partition coefficient (Wildman–Crippen LogP) is -2.05. The third-order valence-electron chi connectivity index (χ3n) is 1.91. The van der Waals surface area contributed by atoms with Gasteiger partial charge in [0.1, 0.15) is 13.2 Å². The van der Waals surface area contributed by atoms with Gasteiger partial charge in [-0.05, 0) is 12.1 Å². The first-order valence-electron chi connectivity index (χ1n) is 4.87. The van der Waals surface area contributed by atoms with Gasteiger partial charge in [0, 0.05) is 12.4 Å². The number of pyridine rings is 1. The molecule has 0 aromatic carbocycles. The van der Waals surface area contributed by atoms with Crippen LogP contribution in [0, 0.1) is 0 Å². The highest BCUT2D eigenvalue weighted by Gasteiger charge is 2.10. The van der Waals surface area contributed by atoms with Gasteiger partial charge in [-0.1, -0.05) is 0 Å². The summed E-state index contributed by atoms with van der Waals surface area (Å²) in [6.45, 7) is 1.24. The number of rotatable bonds is 4. The summed E-state index contributed by atoms with van der Waals surface area (Å²) in [7, 11) is 6.17. The van der Waals surface area contributed by atoms with Crippen molar-refractivity contribution in [3.63, 3.8) is 0 Å². The average molecular weight is 336 g/mol. The third kappa shape index (κ3) is 6.02. The molecule has 0 saturated heterocycles. The molecular weight excluding hydrogens is 319 g/mol. The van der Waals surface area contributed by atoms with Crippen LogP contribution in [-0.4, -0.2) is 49.7 Å². The number of aromatic nitrogens is 1. The van der Waals surface area contributed by atoms with Gasteiger partial charge in [-0.15, -0.1) is 0 Å². The molecule has 5 heteroatoms. The van der Waals surface area contributed by atoms with Gasteiger partial charge < -0.3 is 33.2 Å². The van der Waals surface area contributed by atoms with Crippen molar-refractivity contribution in [3.05, 3.63) is 30.1 Å². The SMILES string of the molecule is C[N+](C)(C)CCOC(=O)c1ccncc1.[I-]. The van der Waals surface area contributed by atoms with E-state index in [-0.39, 0.29) is 29.9 Å². The normalized spacial score (nSPS) is 10.4. The molecule has 0 spiro atoms. The van der Waals surface area contributed by atoms with Crippen LogP contribution < -0.4 is 24.0 Å². The summed E-state index contributed by atoms with van der Waals surface area (Å²) < 4.78 is 5.90. The zero-order valence-corrected chi connectivity index (χ0v) is 12.0. The largest absolute Gasteiger partial charge is 1.00 e. The molecular formula is C11H17IN2O2. The molecule has 0 aliphatic heterocycles. The maximum atomic E-state index is 11.5. The number of hydrogen-bond donors (Lipinski definition) is 0. The van der Waals surface area contributed by atoms with E-state index in [9.17, 15) is 4.79 Å². The third-order valence-corrected chi connectivity index (χ3v) is 1.91. The van der Waals surface area contributed by atoms with Crippen LogP contribution in [0.25, 0.3) is 0 Å². The van der Waals surface area contributed by atoms with Crippen LogP contribution in [0.5, 0.6) is 0 Å². The van der Waals surface area contributed by atoms with Crippen LogP contribution in [0.4, 0.5) is 0 Å². The summed E-state index contributed by atoms with van der Waals surface area (Å²) in [5.41, 5.74) is 0.548. The molecule has 0 aliphatic carbocycles. The molecule has 16 heavy (non-hydrogen) atoms. The number of hydrogen-bond acceptors (Lipinski definition) is 3. The van der Waals surface area contributed by atoms with E-state index in [2.05, 4.69) is 26.1 Å². The van der Waals surface area contributed by atoms with E-state index in [1.807, 2.05) is 0 Å². The molecule has 0 atom stereocenters. The summed E-state index contributed by atoms with van der Waals surface area (Å²) in [5.74, 6) is -0.286. The molecule has 0 fully saturated rings. The number of nitrogens with zero attached hydrogens (tertiary/aromatic N) is 2. The number of carbonyl (C=O) groups is 1. The van der Waals surface area contributed by atoms with Crippen molar-refractivity contribution in [2.45, 2.75) is 0 Å². The maximum Gasteiger partial charge on any atom is 0.338 e. The van der Waals surface area contributed by atoms with Gasteiger partial charge in [0.2, 0.25) is 0 Å². The van der Waals surface area contributed by atoms with Crippen molar-refractivity contribution in [2.75, 3.05) is 34.3 Å². The fourth-order valence-corrected chi connectivity index (χ4v) is 0.984. The van der Waals surface area contributed by atoms with Crippen LogP contribution in [0.1, 0.15) is 10.4 Å². The molecule has 0 amide bonds. The minimum atomic E-state index is -0.286. The van der Waals surface area contributed by atoms with Gasteiger partial charge in [0.15, 0.2) is 0 Å². The van der Waals surface area contributed by atoms with E-state index < -0.39 is 0 Å². The smallest absolute Gasteiger partial charge is 0.338 e. The average Bonchev–Trinajstić information content (AvgIpc) is 2.17. The van der Waals surface area contributed by atoms with Gasteiger partial charge >= 0.3 is 5.97 Å². The molecule has 1 aromatic rings. The van der Waals surface area contributed by atoms with Crippen molar-refractivity contribution in [1.82, 2.24) is 4.98 Å². The second kappa shape index (κ2) is 6.80. The summed E-state index contributed by atoms with van der Waals surface area (Å²) in [6.07, 6.45) is 3.16. The Balaban J connectivity index is 0.00000225. The molecule has 1 rings (SSSR count). The topological polar surface area (TPSA) is 39.2 Å². The number of quaternary nitrogens is 1. The molecule has 0 unspecified atom stereocenters. The fraction of sp³-hybridized carbons (Fsp3) is 0.455. The zero-order chi connectivity index (χ0) is 11.3. The first kappa shape index (κ1) is 15.3. The number of carbonyl (C=O) groups excluding carboxylic acids is 1. The molecule has 1 aromatic heterocycles. The van der Waals surface area contributed by atoms with Crippen molar-refractivity contribution in [1.29, 1.82) is 0 Å². The monoisotopic (exact) mass is 336 g/mol. The Labute approximate surface area is 113 Å². The van der Waals surface area contributed by atoms with Gasteiger partial charge in [0.25, 0.3) is 0 Å². The number of esters is 1. The lowest BCUT2D eigenvalue weighted by molar-refractivity contribution is -0.870. The van der Waals surface area contributed by atoms with E-state index >= 15 is 0 Å². The summed E-state index contributed by atoms with van der Waals surface area (Å²) >= 11 is 0. The quantitative estimate of drug-likeness (QED) is 0.361. The second-order valence-corrected chi connectivity index (χ2v) is 4.39. The molecule has 0 radical (unpaired) electrons. The zero-order valence-electron chi connectivity index (χ0n) is 9.81. The van der Waals surface area contributed by atoms with Gasteiger partial charge in [0.05, 0.1) is 26.7 Å². The second-order valence-electron chi connectivity index (χ2n) is 4.39. The summed E-state index contributed by atoms with van der Waals surface area (Å²) in [6, 6.07) is 3.29. The van der Waals surface area contributed by atoms with Crippen molar-refractivity contribution in [2.24, 2.45) is 0 Å². The van der Waals surface area contributed by atoms with E-state index in [1.54, 1.807) is 24.5 Å². The Morgan fingerprint density at radius 2 is 1.88 bits per heavy atom. The first-order valence-corrected chi connectivity index (χ1v) is 4.87. The standard InChI is InChI=1S/C11H17N2O2.HI/c1-13(2,3)8-9-15-11(14)10-4-6-12-7-5-10;/h4-7H,8-9H2,1-3H3;1H/q+1;/p-1. The van der Waals surface area contributed by atoms with Crippen molar-refractivity contribution in [3.8, 4) is 0 Å². The van der Waals surface area contributed by atoms with Crippen LogP contribution in [0.3, 0.4) is 0 Å². The highest BCUT2D eigenvalue weighted by molar-refractivity contribution is 5.89. The van der Waals surface area contributed by atoms with Gasteiger partial charge in [-0.25, -0.2) is 4.79 Å². The minimum Gasteiger partial charge on any atom is -1.00 e. The highest BCUT2D eigenvalue weighted by atomic mass is 127. The molecule has 0 saturated carbocycles. The van der Waals surface area contributed by atoms with E-state index in [0.717, 1.165) is 11.0 Å².